The van der Waals surface area contributed by atoms with E-state index in [0.29, 0.717) is 28.5 Å². The molecule has 0 radical (unpaired) electrons. The van der Waals surface area contributed by atoms with Gasteiger partial charge in [0.2, 0.25) is 11.8 Å². The van der Waals surface area contributed by atoms with Gasteiger partial charge in [-0.3, -0.25) is 4.79 Å². The summed E-state index contributed by atoms with van der Waals surface area (Å²) in [5, 5.41) is 8.34. The van der Waals surface area contributed by atoms with Crippen molar-refractivity contribution in [2.24, 2.45) is 5.92 Å². The Balaban J connectivity index is 1.79. The van der Waals surface area contributed by atoms with E-state index in [1.165, 1.54) is 18.2 Å². The van der Waals surface area contributed by atoms with Crippen LogP contribution >= 0.6 is 23.5 Å². The molecule has 1 aromatic heterocycles. The quantitative estimate of drug-likeness (QED) is 0.778. The zero-order chi connectivity index (χ0) is 13.7. The molecular formula is C12H19N3O2S2. The standard InChI is InChI=1S/C12H19N3O2S2/c1-9-4-3-5-15(6-9)11(16)8-19-12-14-13-10(17-12)7-18-2/h9H,3-8H2,1-2H3. The molecule has 2 rings (SSSR count). The van der Waals surface area contributed by atoms with Crippen LogP contribution in [0.25, 0.3) is 0 Å². The maximum atomic E-state index is 12.1. The number of amides is 1. The summed E-state index contributed by atoms with van der Waals surface area (Å²) in [6, 6.07) is 0. The number of thioether (sulfide) groups is 2. The predicted octanol–water partition coefficient (Wildman–Crippen LogP) is 2.28. The van der Waals surface area contributed by atoms with Crippen molar-refractivity contribution in [3.63, 3.8) is 0 Å². The largest absolute Gasteiger partial charge is 0.415 e. The van der Waals surface area contributed by atoms with Gasteiger partial charge in [-0.1, -0.05) is 18.7 Å². The Morgan fingerprint density at radius 3 is 3.11 bits per heavy atom. The third-order valence-electron chi connectivity index (χ3n) is 3.04. The fourth-order valence-corrected chi connectivity index (χ4v) is 3.16. The maximum absolute atomic E-state index is 12.1. The SMILES string of the molecule is CSCc1nnc(SCC(=O)N2CCCC(C)C2)o1. The summed E-state index contributed by atoms with van der Waals surface area (Å²) in [6.07, 6.45) is 4.31. The lowest BCUT2D eigenvalue weighted by Crippen LogP contribution is -2.40. The first kappa shape index (κ1) is 14.7. The zero-order valence-electron chi connectivity index (χ0n) is 11.3. The Bertz CT molecular complexity index is 425. The Morgan fingerprint density at radius 1 is 1.53 bits per heavy atom. The van der Waals surface area contributed by atoms with Crippen LogP contribution in [0.4, 0.5) is 0 Å². The Morgan fingerprint density at radius 2 is 2.37 bits per heavy atom. The van der Waals surface area contributed by atoms with Crippen LogP contribution in [0.2, 0.25) is 0 Å². The number of piperidine rings is 1. The number of hydrogen-bond donors (Lipinski definition) is 0. The Labute approximate surface area is 121 Å². The molecule has 2 heterocycles. The van der Waals surface area contributed by atoms with Crippen molar-refractivity contribution < 1.29 is 9.21 Å². The molecule has 19 heavy (non-hydrogen) atoms. The molecule has 1 amide bonds. The van der Waals surface area contributed by atoms with Crippen LogP contribution in [-0.4, -0.2) is 46.1 Å². The van der Waals surface area contributed by atoms with Gasteiger partial charge in [0.15, 0.2) is 0 Å². The minimum absolute atomic E-state index is 0.168. The second-order valence-corrected chi connectivity index (χ2v) is 6.56. The van der Waals surface area contributed by atoms with Crippen LogP contribution in [0.3, 0.4) is 0 Å². The second kappa shape index (κ2) is 7.19. The summed E-state index contributed by atoms with van der Waals surface area (Å²) in [5.74, 6) is 2.49. The van der Waals surface area contributed by atoms with E-state index >= 15 is 0 Å². The van der Waals surface area contributed by atoms with Gasteiger partial charge in [0.05, 0.1) is 11.5 Å². The van der Waals surface area contributed by atoms with Crippen molar-refractivity contribution in [2.75, 3.05) is 25.1 Å². The maximum Gasteiger partial charge on any atom is 0.277 e. The number of rotatable bonds is 5. The Hall–Kier alpha value is -0.690. The minimum atomic E-state index is 0.168. The first-order valence-corrected chi connectivity index (χ1v) is 8.79. The topological polar surface area (TPSA) is 59.2 Å². The number of carbonyl (C=O) groups excluding carboxylic acids is 1. The average Bonchev–Trinajstić information content (AvgIpc) is 2.84. The van der Waals surface area contributed by atoms with Gasteiger partial charge in [-0.2, -0.15) is 11.8 Å². The van der Waals surface area contributed by atoms with Crippen LogP contribution in [0.15, 0.2) is 9.64 Å². The van der Waals surface area contributed by atoms with E-state index in [4.69, 9.17) is 4.42 Å². The molecule has 0 bridgehead atoms. The molecule has 7 heteroatoms. The van der Waals surface area contributed by atoms with Crippen molar-refractivity contribution in [1.82, 2.24) is 15.1 Å². The lowest BCUT2D eigenvalue weighted by atomic mass is 10.0. The van der Waals surface area contributed by atoms with Crippen LogP contribution < -0.4 is 0 Å². The molecule has 1 aromatic rings. The van der Waals surface area contributed by atoms with Crippen molar-refractivity contribution in [3.05, 3.63) is 5.89 Å². The molecule has 5 nitrogen and oxygen atoms in total. The summed E-state index contributed by atoms with van der Waals surface area (Å²) >= 11 is 2.96. The molecule has 1 aliphatic heterocycles. The summed E-state index contributed by atoms with van der Waals surface area (Å²) < 4.78 is 5.43. The lowest BCUT2D eigenvalue weighted by molar-refractivity contribution is -0.130. The molecule has 1 aliphatic rings. The van der Waals surface area contributed by atoms with Gasteiger partial charge in [0, 0.05) is 13.1 Å². The van der Waals surface area contributed by atoms with Gasteiger partial charge < -0.3 is 9.32 Å². The van der Waals surface area contributed by atoms with Crippen molar-refractivity contribution in [3.8, 4) is 0 Å². The first-order valence-electron chi connectivity index (χ1n) is 6.41. The third kappa shape index (κ3) is 4.42. The molecule has 0 spiro atoms. The van der Waals surface area contributed by atoms with E-state index < -0.39 is 0 Å². The first-order chi connectivity index (χ1) is 9.19. The second-order valence-electron chi connectivity index (χ2n) is 4.77. The third-order valence-corrected chi connectivity index (χ3v) is 4.38. The highest BCUT2D eigenvalue weighted by molar-refractivity contribution is 7.99. The molecule has 0 aromatic carbocycles. The highest BCUT2D eigenvalue weighted by atomic mass is 32.2. The fourth-order valence-electron chi connectivity index (χ4n) is 2.11. The highest BCUT2D eigenvalue weighted by Gasteiger charge is 2.21. The predicted molar refractivity (Wildman–Crippen MR) is 77.2 cm³/mol. The van der Waals surface area contributed by atoms with Crippen molar-refractivity contribution >= 4 is 29.4 Å². The van der Waals surface area contributed by atoms with Crippen LogP contribution in [0.5, 0.6) is 0 Å². The summed E-state index contributed by atoms with van der Waals surface area (Å²) in [4.78, 5) is 14.0. The van der Waals surface area contributed by atoms with E-state index in [9.17, 15) is 4.79 Å². The van der Waals surface area contributed by atoms with Crippen molar-refractivity contribution in [1.29, 1.82) is 0 Å². The molecular weight excluding hydrogens is 282 g/mol. The molecule has 1 saturated heterocycles. The van der Waals surface area contributed by atoms with Crippen LogP contribution in [-0.2, 0) is 10.5 Å². The van der Waals surface area contributed by atoms with E-state index in [2.05, 4.69) is 17.1 Å². The van der Waals surface area contributed by atoms with Crippen molar-refractivity contribution in [2.45, 2.75) is 30.7 Å². The van der Waals surface area contributed by atoms with Gasteiger partial charge in [-0.25, -0.2) is 0 Å². The van der Waals surface area contributed by atoms with E-state index in [0.717, 1.165) is 19.5 Å². The number of likely N-dealkylation sites (tertiary alicyclic amines) is 1. The van der Waals surface area contributed by atoms with Crippen LogP contribution in [0, 0.1) is 5.92 Å². The van der Waals surface area contributed by atoms with E-state index in [1.807, 2.05) is 11.2 Å². The fraction of sp³-hybridized carbons (Fsp3) is 0.750. The average molecular weight is 301 g/mol. The molecule has 0 saturated carbocycles. The van der Waals surface area contributed by atoms with E-state index in [-0.39, 0.29) is 5.91 Å². The smallest absolute Gasteiger partial charge is 0.277 e. The molecule has 1 atom stereocenters. The number of carbonyl (C=O) groups is 1. The molecule has 0 aliphatic carbocycles. The zero-order valence-corrected chi connectivity index (χ0v) is 12.9. The summed E-state index contributed by atoms with van der Waals surface area (Å²) in [7, 11) is 0. The highest BCUT2D eigenvalue weighted by Crippen LogP contribution is 2.20. The summed E-state index contributed by atoms with van der Waals surface area (Å²) in [6.45, 7) is 3.95. The lowest BCUT2D eigenvalue weighted by Gasteiger charge is -2.30. The van der Waals surface area contributed by atoms with E-state index in [1.54, 1.807) is 11.8 Å². The van der Waals surface area contributed by atoms with Crippen LogP contribution in [0.1, 0.15) is 25.7 Å². The minimum Gasteiger partial charge on any atom is -0.415 e. The van der Waals surface area contributed by atoms with Gasteiger partial charge in [0.25, 0.3) is 5.22 Å². The molecule has 1 fully saturated rings. The summed E-state index contributed by atoms with van der Waals surface area (Å²) in [5.41, 5.74) is 0. The molecule has 1 unspecified atom stereocenters. The normalized spacial score (nSPS) is 19.7. The number of hydrogen-bond acceptors (Lipinski definition) is 6. The van der Waals surface area contributed by atoms with Gasteiger partial charge in [0.1, 0.15) is 0 Å². The number of aromatic nitrogens is 2. The van der Waals surface area contributed by atoms with Gasteiger partial charge >= 0.3 is 0 Å². The molecule has 0 N–H and O–H groups in total. The van der Waals surface area contributed by atoms with Gasteiger partial charge in [-0.15, -0.1) is 10.2 Å². The molecule has 106 valence electrons. The van der Waals surface area contributed by atoms with Gasteiger partial charge in [-0.05, 0) is 25.0 Å². The number of nitrogens with zero attached hydrogens (tertiary/aromatic N) is 3. The monoisotopic (exact) mass is 301 g/mol. The Kier molecular flexibility index (Phi) is 5.57.